The number of carbonyl (C=O) groups is 1. The molecule has 1 aliphatic carbocycles. The van der Waals surface area contributed by atoms with Crippen LogP contribution in [0.15, 0.2) is 34.9 Å². The standard InChI is InChI=1S/C15H18N2O2/c16-8-3-9-17(11-6-7-11)15(18)13-10-19-14-5-2-1-4-12(13)14/h1-2,4-5,10-11H,3,6-9,16H2. The summed E-state index contributed by atoms with van der Waals surface area (Å²) in [6, 6.07) is 8.05. The molecule has 1 aromatic carbocycles. The maximum absolute atomic E-state index is 12.6. The van der Waals surface area contributed by atoms with Crippen molar-refractivity contribution >= 4 is 16.9 Å². The average Bonchev–Trinajstić information content (AvgIpc) is 3.18. The molecule has 1 fully saturated rings. The van der Waals surface area contributed by atoms with Crippen LogP contribution < -0.4 is 5.73 Å². The van der Waals surface area contributed by atoms with E-state index in [1.165, 1.54) is 0 Å². The molecule has 1 saturated carbocycles. The fourth-order valence-electron chi connectivity index (χ4n) is 2.40. The van der Waals surface area contributed by atoms with Crippen LogP contribution in [-0.2, 0) is 0 Å². The van der Waals surface area contributed by atoms with Crippen molar-refractivity contribution in [1.29, 1.82) is 0 Å². The second-order valence-electron chi connectivity index (χ2n) is 5.02. The third-order valence-corrected chi connectivity index (χ3v) is 3.56. The predicted molar refractivity (Wildman–Crippen MR) is 73.9 cm³/mol. The number of amides is 1. The number of furan rings is 1. The second kappa shape index (κ2) is 5.05. The lowest BCUT2D eigenvalue weighted by Crippen LogP contribution is -2.34. The maximum atomic E-state index is 12.6. The molecule has 0 aliphatic heterocycles. The minimum atomic E-state index is 0.0703. The van der Waals surface area contributed by atoms with E-state index in [-0.39, 0.29) is 5.91 Å². The van der Waals surface area contributed by atoms with Gasteiger partial charge in [0.25, 0.3) is 5.91 Å². The zero-order valence-corrected chi connectivity index (χ0v) is 10.8. The molecule has 19 heavy (non-hydrogen) atoms. The normalized spacial score (nSPS) is 14.8. The fraction of sp³-hybridized carbons (Fsp3) is 0.400. The third kappa shape index (κ3) is 2.36. The molecule has 0 bridgehead atoms. The predicted octanol–water partition coefficient (Wildman–Crippen LogP) is 2.39. The number of hydrogen-bond donors (Lipinski definition) is 1. The molecule has 100 valence electrons. The molecule has 0 radical (unpaired) electrons. The molecule has 0 unspecified atom stereocenters. The summed E-state index contributed by atoms with van der Waals surface area (Å²) in [6.45, 7) is 1.35. The Labute approximate surface area is 112 Å². The van der Waals surface area contributed by atoms with Crippen LogP contribution in [-0.4, -0.2) is 29.9 Å². The molecule has 0 atom stereocenters. The van der Waals surface area contributed by atoms with Gasteiger partial charge in [-0.2, -0.15) is 0 Å². The molecule has 1 amide bonds. The summed E-state index contributed by atoms with van der Waals surface area (Å²) in [5.74, 6) is 0.0703. The van der Waals surface area contributed by atoms with Gasteiger partial charge in [-0.25, -0.2) is 0 Å². The monoisotopic (exact) mass is 258 g/mol. The first-order valence-electron chi connectivity index (χ1n) is 6.78. The largest absolute Gasteiger partial charge is 0.463 e. The lowest BCUT2D eigenvalue weighted by Gasteiger charge is -2.21. The molecule has 0 saturated heterocycles. The highest BCUT2D eigenvalue weighted by Crippen LogP contribution is 2.30. The summed E-state index contributed by atoms with van der Waals surface area (Å²) >= 11 is 0. The highest BCUT2D eigenvalue weighted by molar-refractivity contribution is 6.06. The maximum Gasteiger partial charge on any atom is 0.257 e. The summed E-state index contributed by atoms with van der Waals surface area (Å²) < 4.78 is 5.45. The van der Waals surface area contributed by atoms with E-state index in [0.717, 1.165) is 36.8 Å². The zero-order valence-electron chi connectivity index (χ0n) is 10.8. The number of hydrogen-bond acceptors (Lipinski definition) is 3. The Hall–Kier alpha value is -1.81. The first-order valence-corrected chi connectivity index (χ1v) is 6.78. The Morgan fingerprint density at radius 2 is 2.16 bits per heavy atom. The molecule has 3 rings (SSSR count). The SMILES string of the molecule is NCCCN(C(=O)c1coc2ccccc12)C1CC1. The smallest absolute Gasteiger partial charge is 0.257 e. The Kier molecular flexibility index (Phi) is 3.25. The number of nitrogens with two attached hydrogens (primary N) is 1. The molecular weight excluding hydrogens is 240 g/mol. The number of carbonyl (C=O) groups excluding carboxylic acids is 1. The summed E-state index contributed by atoms with van der Waals surface area (Å²) in [5.41, 5.74) is 6.98. The van der Waals surface area contributed by atoms with Gasteiger partial charge in [-0.1, -0.05) is 18.2 Å². The van der Waals surface area contributed by atoms with Gasteiger partial charge in [0.2, 0.25) is 0 Å². The Bertz CT molecular complexity index is 587. The van der Waals surface area contributed by atoms with Crippen LogP contribution in [0.4, 0.5) is 0 Å². The van der Waals surface area contributed by atoms with Gasteiger partial charge in [-0.3, -0.25) is 4.79 Å². The van der Waals surface area contributed by atoms with Crippen LogP contribution in [0.2, 0.25) is 0 Å². The van der Waals surface area contributed by atoms with Gasteiger partial charge in [-0.15, -0.1) is 0 Å². The summed E-state index contributed by atoms with van der Waals surface area (Å²) in [5, 5.41) is 0.894. The van der Waals surface area contributed by atoms with E-state index in [4.69, 9.17) is 10.2 Å². The van der Waals surface area contributed by atoms with Crippen LogP contribution in [0, 0.1) is 0 Å². The van der Waals surface area contributed by atoms with Crippen molar-refractivity contribution in [2.24, 2.45) is 5.73 Å². The van der Waals surface area contributed by atoms with Crippen molar-refractivity contribution in [2.45, 2.75) is 25.3 Å². The van der Waals surface area contributed by atoms with Gasteiger partial charge < -0.3 is 15.1 Å². The number of benzene rings is 1. The first kappa shape index (κ1) is 12.2. The van der Waals surface area contributed by atoms with E-state index in [9.17, 15) is 4.79 Å². The van der Waals surface area contributed by atoms with E-state index >= 15 is 0 Å². The lowest BCUT2D eigenvalue weighted by atomic mass is 10.1. The van der Waals surface area contributed by atoms with Gasteiger partial charge in [0.15, 0.2) is 0 Å². The Morgan fingerprint density at radius 1 is 1.37 bits per heavy atom. The van der Waals surface area contributed by atoms with E-state index < -0.39 is 0 Å². The topological polar surface area (TPSA) is 59.5 Å². The summed E-state index contributed by atoms with van der Waals surface area (Å²) in [6.07, 6.45) is 4.63. The van der Waals surface area contributed by atoms with E-state index in [0.29, 0.717) is 18.2 Å². The van der Waals surface area contributed by atoms with Gasteiger partial charge in [-0.05, 0) is 31.9 Å². The summed E-state index contributed by atoms with van der Waals surface area (Å²) in [4.78, 5) is 14.6. The summed E-state index contributed by atoms with van der Waals surface area (Å²) in [7, 11) is 0. The molecule has 4 nitrogen and oxygen atoms in total. The first-order chi connectivity index (χ1) is 9.31. The van der Waals surface area contributed by atoms with Gasteiger partial charge in [0, 0.05) is 18.0 Å². The van der Waals surface area contributed by atoms with Crippen molar-refractivity contribution in [3.63, 3.8) is 0 Å². The van der Waals surface area contributed by atoms with Crippen LogP contribution in [0.3, 0.4) is 0 Å². The number of nitrogens with zero attached hydrogens (tertiary/aromatic N) is 1. The van der Waals surface area contributed by atoms with Crippen LogP contribution in [0.25, 0.3) is 11.0 Å². The van der Waals surface area contributed by atoms with Crippen molar-refractivity contribution < 1.29 is 9.21 Å². The van der Waals surface area contributed by atoms with Gasteiger partial charge >= 0.3 is 0 Å². The lowest BCUT2D eigenvalue weighted by molar-refractivity contribution is 0.0743. The van der Waals surface area contributed by atoms with Gasteiger partial charge in [0.05, 0.1) is 5.56 Å². The van der Waals surface area contributed by atoms with Crippen molar-refractivity contribution in [2.75, 3.05) is 13.1 Å². The van der Waals surface area contributed by atoms with E-state index in [2.05, 4.69) is 0 Å². The van der Waals surface area contributed by atoms with Crippen molar-refractivity contribution in [1.82, 2.24) is 4.90 Å². The molecule has 1 aliphatic rings. The van der Waals surface area contributed by atoms with E-state index in [1.54, 1.807) is 6.26 Å². The Morgan fingerprint density at radius 3 is 2.89 bits per heavy atom. The number of fused-ring (bicyclic) bond motifs is 1. The Balaban J connectivity index is 1.88. The molecule has 1 aromatic heterocycles. The minimum Gasteiger partial charge on any atom is -0.463 e. The van der Waals surface area contributed by atoms with Crippen molar-refractivity contribution in [3.05, 3.63) is 36.1 Å². The van der Waals surface area contributed by atoms with Crippen LogP contribution >= 0.6 is 0 Å². The van der Waals surface area contributed by atoms with Crippen molar-refractivity contribution in [3.8, 4) is 0 Å². The molecular formula is C15H18N2O2. The van der Waals surface area contributed by atoms with E-state index in [1.807, 2.05) is 29.2 Å². The zero-order chi connectivity index (χ0) is 13.2. The van der Waals surface area contributed by atoms with Crippen LogP contribution in [0.1, 0.15) is 29.6 Å². The molecule has 4 heteroatoms. The average molecular weight is 258 g/mol. The quantitative estimate of drug-likeness (QED) is 0.895. The second-order valence-corrected chi connectivity index (χ2v) is 5.02. The fourth-order valence-corrected chi connectivity index (χ4v) is 2.40. The molecule has 2 aromatic rings. The van der Waals surface area contributed by atoms with Gasteiger partial charge in [0.1, 0.15) is 11.8 Å². The number of para-hydroxylation sites is 1. The highest BCUT2D eigenvalue weighted by Gasteiger charge is 2.33. The third-order valence-electron chi connectivity index (χ3n) is 3.56. The van der Waals surface area contributed by atoms with Crippen LogP contribution in [0.5, 0.6) is 0 Å². The highest BCUT2D eigenvalue weighted by atomic mass is 16.3. The molecule has 2 N–H and O–H groups in total. The minimum absolute atomic E-state index is 0.0703. The number of rotatable bonds is 5. The molecule has 0 spiro atoms. The molecule has 1 heterocycles.